The van der Waals surface area contributed by atoms with Crippen LogP contribution in [0, 0.1) is 5.82 Å². The molecule has 1 aliphatic carbocycles. The molecule has 4 nitrogen and oxygen atoms in total. The second-order valence-electron chi connectivity index (χ2n) is 6.18. The maximum atomic E-state index is 12.9. The van der Waals surface area contributed by atoms with Gasteiger partial charge in [-0.3, -0.25) is 4.99 Å². The van der Waals surface area contributed by atoms with E-state index in [0.717, 1.165) is 29.7 Å². The molecule has 0 spiro atoms. The van der Waals surface area contributed by atoms with Crippen molar-refractivity contribution in [1.29, 1.82) is 0 Å². The van der Waals surface area contributed by atoms with Crippen molar-refractivity contribution in [3.05, 3.63) is 65.5 Å². The van der Waals surface area contributed by atoms with E-state index in [0.29, 0.717) is 25.2 Å². The number of nitrogens with one attached hydrogen (secondary N) is 2. The van der Waals surface area contributed by atoms with Gasteiger partial charge in [0.1, 0.15) is 11.6 Å². The van der Waals surface area contributed by atoms with Gasteiger partial charge in [0.05, 0.1) is 6.10 Å². The normalized spacial score (nSPS) is 14.7. The van der Waals surface area contributed by atoms with Gasteiger partial charge in [0, 0.05) is 25.7 Å². The fourth-order valence-corrected chi connectivity index (χ4v) is 2.62. The molecule has 0 saturated heterocycles. The van der Waals surface area contributed by atoms with Crippen molar-refractivity contribution in [1.82, 2.24) is 10.6 Å². The van der Waals surface area contributed by atoms with Gasteiger partial charge in [-0.05, 0) is 43.0 Å². The molecule has 0 atom stereocenters. The first-order valence-electron chi connectivity index (χ1n) is 8.68. The summed E-state index contributed by atoms with van der Waals surface area (Å²) in [5, 5.41) is 6.54. The number of benzene rings is 2. The van der Waals surface area contributed by atoms with Crippen LogP contribution in [0.2, 0.25) is 0 Å². The monoisotopic (exact) mass is 341 g/mol. The van der Waals surface area contributed by atoms with Crippen LogP contribution in [-0.4, -0.2) is 19.1 Å². The molecule has 0 bridgehead atoms. The highest BCUT2D eigenvalue weighted by atomic mass is 19.1. The zero-order valence-corrected chi connectivity index (χ0v) is 14.5. The van der Waals surface area contributed by atoms with Gasteiger partial charge in [0.25, 0.3) is 0 Å². The summed E-state index contributed by atoms with van der Waals surface area (Å²) in [6.45, 7) is 1.21. The fraction of sp³-hybridized carbons (Fsp3) is 0.350. The Morgan fingerprint density at radius 3 is 2.48 bits per heavy atom. The standard InChI is InChI=1S/C20H24FN3O/c1-22-20(23-13-15-9-11-17(21)12-10-15)24-14-16-5-2-3-8-19(16)25-18-6-4-7-18/h2-3,5,8-12,18H,4,6-7,13-14H2,1H3,(H2,22,23,24). The van der Waals surface area contributed by atoms with Crippen molar-refractivity contribution < 1.29 is 9.13 Å². The van der Waals surface area contributed by atoms with Crippen molar-refractivity contribution >= 4 is 5.96 Å². The van der Waals surface area contributed by atoms with Crippen LogP contribution in [0.1, 0.15) is 30.4 Å². The molecule has 1 fully saturated rings. The topological polar surface area (TPSA) is 45.7 Å². The molecule has 2 aromatic rings. The Hall–Kier alpha value is -2.56. The van der Waals surface area contributed by atoms with Crippen LogP contribution >= 0.6 is 0 Å². The highest BCUT2D eigenvalue weighted by Gasteiger charge is 2.20. The quantitative estimate of drug-likeness (QED) is 0.623. The minimum atomic E-state index is -0.227. The molecule has 5 heteroatoms. The number of guanidine groups is 1. The van der Waals surface area contributed by atoms with Crippen LogP contribution in [0.4, 0.5) is 4.39 Å². The molecule has 0 aromatic heterocycles. The fourth-order valence-electron chi connectivity index (χ4n) is 2.62. The summed E-state index contributed by atoms with van der Waals surface area (Å²) < 4.78 is 19.0. The highest BCUT2D eigenvalue weighted by molar-refractivity contribution is 5.79. The Balaban J connectivity index is 1.53. The third kappa shape index (κ3) is 4.95. The van der Waals surface area contributed by atoms with Crippen molar-refractivity contribution in [2.24, 2.45) is 4.99 Å². The smallest absolute Gasteiger partial charge is 0.191 e. The van der Waals surface area contributed by atoms with Gasteiger partial charge in [0.2, 0.25) is 0 Å². The van der Waals surface area contributed by atoms with E-state index in [9.17, 15) is 4.39 Å². The molecule has 0 amide bonds. The van der Waals surface area contributed by atoms with E-state index in [-0.39, 0.29) is 5.82 Å². The van der Waals surface area contributed by atoms with Gasteiger partial charge >= 0.3 is 0 Å². The number of rotatable bonds is 6. The summed E-state index contributed by atoms with van der Waals surface area (Å²) in [6, 6.07) is 14.5. The predicted octanol–water partition coefficient (Wildman–Crippen LogP) is 3.62. The van der Waals surface area contributed by atoms with Crippen LogP contribution in [-0.2, 0) is 13.1 Å². The van der Waals surface area contributed by atoms with Crippen LogP contribution in [0.3, 0.4) is 0 Å². The van der Waals surface area contributed by atoms with E-state index < -0.39 is 0 Å². The minimum absolute atomic E-state index is 0.227. The number of hydrogen-bond acceptors (Lipinski definition) is 2. The van der Waals surface area contributed by atoms with E-state index in [1.54, 1.807) is 19.2 Å². The summed E-state index contributed by atoms with van der Waals surface area (Å²) >= 11 is 0. The molecule has 0 radical (unpaired) electrons. The Kier molecular flexibility index (Phi) is 5.88. The highest BCUT2D eigenvalue weighted by Crippen LogP contribution is 2.27. The lowest BCUT2D eigenvalue weighted by atomic mass is 9.96. The summed E-state index contributed by atoms with van der Waals surface area (Å²) in [5.41, 5.74) is 2.11. The molecule has 0 heterocycles. The van der Waals surface area contributed by atoms with Crippen LogP contribution in [0.5, 0.6) is 5.75 Å². The SMILES string of the molecule is CN=C(NCc1ccc(F)cc1)NCc1ccccc1OC1CCC1. The van der Waals surface area contributed by atoms with Gasteiger partial charge in [-0.1, -0.05) is 30.3 Å². The number of para-hydroxylation sites is 1. The minimum Gasteiger partial charge on any atom is -0.490 e. The Morgan fingerprint density at radius 1 is 1.08 bits per heavy atom. The van der Waals surface area contributed by atoms with Crippen LogP contribution in [0.25, 0.3) is 0 Å². The van der Waals surface area contributed by atoms with E-state index in [2.05, 4.69) is 21.7 Å². The molecule has 1 saturated carbocycles. The second-order valence-corrected chi connectivity index (χ2v) is 6.18. The van der Waals surface area contributed by atoms with E-state index >= 15 is 0 Å². The largest absolute Gasteiger partial charge is 0.490 e. The number of aliphatic imine (C=N–C) groups is 1. The first-order chi connectivity index (χ1) is 12.2. The third-order valence-corrected chi connectivity index (χ3v) is 4.36. The molecule has 0 unspecified atom stereocenters. The first-order valence-corrected chi connectivity index (χ1v) is 8.68. The van der Waals surface area contributed by atoms with Crippen molar-refractivity contribution in [3.63, 3.8) is 0 Å². The number of hydrogen-bond donors (Lipinski definition) is 2. The third-order valence-electron chi connectivity index (χ3n) is 4.36. The zero-order valence-electron chi connectivity index (χ0n) is 14.5. The van der Waals surface area contributed by atoms with Crippen LogP contribution < -0.4 is 15.4 Å². The molecule has 1 aliphatic rings. The lowest BCUT2D eigenvalue weighted by Gasteiger charge is -2.27. The summed E-state index contributed by atoms with van der Waals surface area (Å²) in [5.74, 6) is 1.41. The number of ether oxygens (including phenoxy) is 1. The average molecular weight is 341 g/mol. The Labute approximate surface area is 148 Å². The van der Waals surface area contributed by atoms with Crippen molar-refractivity contribution in [2.75, 3.05) is 7.05 Å². The van der Waals surface area contributed by atoms with Gasteiger partial charge in [-0.2, -0.15) is 0 Å². The van der Waals surface area contributed by atoms with Gasteiger partial charge in [-0.25, -0.2) is 4.39 Å². The molecule has 3 rings (SSSR count). The van der Waals surface area contributed by atoms with Gasteiger partial charge in [0.15, 0.2) is 5.96 Å². The van der Waals surface area contributed by atoms with Crippen molar-refractivity contribution in [2.45, 2.75) is 38.5 Å². The van der Waals surface area contributed by atoms with Gasteiger partial charge in [-0.15, -0.1) is 0 Å². The first kappa shape index (κ1) is 17.3. The average Bonchev–Trinajstić information content (AvgIpc) is 2.60. The van der Waals surface area contributed by atoms with E-state index in [4.69, 9.17) is 4.74 Å². The molecular weight excluding hydrogens is 317 g/mol. The van der Waals surface area contributed by atoms with E-state index in [1.165, 1.54) is 18.6 Å². The lowest BCUT2D eigenvalue weighted by molar-refractivity contribution is 0.119. The summed E-state index contributed by atoms with van der Waals surface area (Å²) in [7, 11) is 1.73. The second kappa shape index (κ2) is 8.51. The van der Waals surface area contributed by atoms with Crippen LogP contribution in [0.15, 0.2) is 53.5 Å². The summed E-state index contributed by atoms with van der Waals surface area (Å²) in [6.07, 6.45) is 3.90. The predicted molar refractivity (Wildman–Crippen MR) is 98.1 cm³/mol. The maximum Gasteiger partial charge on any atom is 0.191 e. The van der Waals surface area contributed by atoms with Gasteiger partial charge < -0.3 is 15.4 Å². The molecule has 0 aliphatic heterocycles. The lowest BCUT2D eigenvalue weighted by Crippen LogP contribution is -2.36. The Bertz CT molecular complexity index is 711. The van der Waals surface area contributed by atoms with Crippen molar-refractivity contribution in [3.8, 4) is 5.75 Å². The summed E-state index contributed by atoms with van der Waals surface area (Å²) in [4.78, 5) is 4.23. The molecule has 2 N–H and O–H groups in total. The number of nitrogens with zero attached hydrogens (tertiary/aromatic N) is 1. The molecule has 25 heavy (non-hydrogen) atoms. The molecule has 2 aromatic carbocycles. The maximum absolute atomic E-state index is 12.9. The molecule has 132 valence electrons. The molecular formula is C20H24FN3O. The Morgan fingerprint density at radius 2 is 1.80 bits per heavy atom. The van der Waals surface area contributed by atoms with E-state index in [1.807, 2.05) is 18.2 Å². The number of halogens is 1. The zero-order chi connectivity index (χ0) is 17.5.